The van der Waals surface area contributed by atoms with E-state index in [1.807, 2.05) is 18.2 Å². The summed E-state index contributed by atoms with van der Waals surface area (Å²) >= 11 is 0. The maximum atomic E-state index is 9.66. The fourth-order valence-electron chi connectivity index (χ4n) is 2.39. The summed E-state index contributed by atoms with van der Waals surface area (Å²) in [6, 6.07) is 12.3. The van der Waals surface area contributed by atoms with Crippen LogP contribution in [0.3, 0.4) is 0 Å². The largest absolute Gasteiger partial charge is 0.464 e. The molecule has 0 fully saturated rings. The minimum absolute atomic E-state index is 0.350. The Bertz CT molecular complexity index is 533. The fourth-order valence-corrected chi connectivity index (χ4v) is 2.39. The number of aliphatic hydroxyl groups is 1. The molecule has 0 aliphatic carbocycles. The molecule has 0 saturated heterocycles. The van der Waals surface area contributed by atoms with Crippen molar-refractivity contribution in [2.45, 2.75) is 25.6 Å². The SMILES string of the molecule is C[C@@H]1C[C@@H](O)Oc2c1ccc1ccccc21. The number of fused-ring (bicyclic) bond motifs is 3. The number of hydrogen-bond donors (Lipinski definition) is 1. The van der Waals surface area contributed by atoms with Crippen LogP contribution < -0.4 is 4.74 Å². The molecule has 1 heterocycles. The molecule has 2 aromatic rings. The lowest BCUT2D eigenvalue weighted by atomic mass is 9.91. The van der Waals surface area contributed by atoms with Crippen LogP contribution in [0.5, 0.6) is 5.75 Å². The van der Waals surface area contributed by atoms with E-state index in [9.17, 15) is 5.11 Å². The molecule has 0 aromatic heterocycles. The van der Waals surface area contributed by atoms with E-state index in [1.165, 1.54) is 5.56 Å². The standard InChI is InChI=1S/C14H14O2/c1-9-8-13(15)16-14-11(9)7-6-10-4-2-3-5-12(10)14/h2-7,9,13,15H,8H2,1H3/t9-,13+/m1/s1. The van der Waals surface area contributed by atoms with Crippen molar-refractivity contribution in [2.75, 3.05) is 0 Å². The van der Waals surface area contributed by atoms with Crippen LogP contribution in [-0.2, 0) is 0 Å². The third-order valence-corrected chi connectivity index (χ3v) is 3.25. The van der Waals surface area contributed by atoms with E-state index in [0.717, 1.165) is 16.5 Å². The summed E-state index contributed by atoms with van der Waals surface area (Å²) in [4.78, 5) is 0. The van der Waals surface area contributed by atoms with Crippen LogP contribution in [-0.4, -0.2) is 11.4 Å². The molecule has 16 heavy (non-hydrogen) atoms. The van der Waals surface area contributed by atoms with Crippen LogP contribution in [0.1, 0.15) is 24.8 Å². The molecule has 0 saturated carbocycles. The maximum absolute atomic E-state index is 9.66. The van der Waals surface area contributed by atoms with Gasteiger partial charge in [0.2, 0.25) is 0 Å². The number of hydrogen-bond acceptors (Lipinski definition) is 2. The van der Waals surface area contributed by atoms with Gasteiger partial charge in [-0.3, -0.25) is 0 Å². The van der Waals surface area contributed by atoms with Gasteiger partial charge in [0, 0.05) is 11.8 Å². The zero-order valence-corrected chi connectivity index (χ0v) is 9.18. The van der Waals surface area contributed by atoms with E-state index in [1.54, 1.807) is 0 Å². The Kier molecular flexibility index (Phi) is 2.11. The topological polar surface area (TPSA) is 29.5 Å². The van der Waals surface area contributed by atoms with E-state index >= 15 is 0 Å². The summed E-state index contributed by atoms with van der Waals surface area (Å²) in [5.41, 5.74) is 1.20. The highest BCUT2D eigenvalue weighted by Crippen LogP contribution is 2.40. The summed E-state index contributed by atoms with van der Waals surface area (Å²) in [6.45, 7) is 2.12. The number of benzene rings is 2. The molecular weight excluding hydrogens is 200 g/mol. The third kappa shape index (κ3) is 1.38. The summed E-state index contributed by atoms with van der Waals surface area (Å²) in [7, 11) is 0. The molecule has 3 rings (SSSR count). The average Bonchev–Trinajstić information content (AvgIpc) is 2.28. The number of aliphatic hydroxyl groups excluding tert-OH is 1. The lowest BCUT2D eigenvalue weighted by Gasteiger charge is -2.28. The Hall–Kier alpha value is -1.54. The Morgan fingerprint density at radius 3 is 2.88 bits per heavy atom. The van der Waals surface area contributed by atoms with Gasteiger partial charge in [0.15, 0.2) is 6.29 Å². The van der Waals surface area contributed by atoms with E-state index < -0.39 is 6.29 Å². The lowest BCUT2D eigenvalue weighted by Crippen LogP contribution is -2.24. The first-order valence-corrected chi connectivity index (χ1v) is 5.62. The minimum Gasteiger partial charge on any atom is -0.464 e. The van der Waals surface area contributed by atoms with Crippen LogP contribution in [0.15, 0.2) is 36.4 Å². The summed E-state index contributed by atoms with van der Waals surface area (Å²) in [6.07, 6.45) is -0.000900. The maximum Gasteiger partial charge on any atom is 0.197 e. The van der Waals surface area contributed by atoms with Crippen LogP contribution in [0.2, 0.25) is 0 Å². The second-order valence-corrected chi connectivity index (χ2v) is 4.41. The molecule has 0 bridgehead atoms. The van der Waals surface area contributed by atoms with Crippen molar-refractivity contribution >= 4 is 10.8 Å². The molecule has 2 nitrogen and oxygen atoms in total. The van der Waals surface area contributed by atoms with Crippen molar-refractivity contribution in [2.24, 2.45) is 0 Å². The van der Waals surface area contributed by atoms with E-state index in [4.69, 9.17) is 4.74 Å². The van der Waals surface area contributed by atoms with Crippen molar-refractivity contribution < 1.29 is 9.84 Å². The molecule has 82 valence electrons. The van der Waals surface area contributed by atoms with Gasteiger partial charge in [-0.1, -0.05) is 43.3 Å². The van der Waals surface area contributed by atoms with E-state index in [2.05, 4.69) is 25.1 Å². The molecule has 2 heteroatoms. The molecule has 0 spiro atoms. The number of rotatable bonds is 0. The third-order valence-electron chi connectivity index (χ3n) is 3.25. The van der Waals surface area contributed by atoms with Gasteiger partial charge in [-0.15, -0.1) is 0 Å². The average molecular weight is 214 g/mol. The highest BCUT2D eigenvalue weighted by molar-refractivity contribution is 5.89. The smallest absolute Gasteiger partial charge is 0.197 e. The summed E-state index contributed by atoms with van der Waals surface area (Å²) in [5, 5.41) is 11.9. The van der Waals surface area contributed by atoms with Gasteiger partial charge in [0.05, 0.1) is 0 Å². The predicted octanol–water partition coefficient (Wildman–Crippen LogP) is 3.04. The monoisotopic (exact) mass is 214 g/mol. The van der Waals surface area contributed by atoms with Gasteiger partial charge in [-0.2, -0.15) is 0 Å². The molecule has 1 aliphatic rings. The Morgan fingerprint density at radius 1 is 1.19 bits per heavy atom. The number of ether oxygens (including phenoxy) is 1. The van der Waals surface area contributed by atoms with Crippen LogP contribution >= 0.6 is 0 Å². The zero-order valence-electron chi connectivity index (χ0n) is 9.18. The minimum atomic E-state index is -0.673. The summed E-state index contributed by atoms with van der Waals surface area (Å²) in [5.74, 6) is 1.20. The van der Waals surface area contributed by atoms with Crippen molar-refractivity contribution in [3.8, 4) is 5.75 Å². The van der Waals surface area contributed by atoms with Crippen molar-refractivity contribution in [3.05, 3.63) is 42.0 Å². The van der Waals surface area contributed by atoms with Gasteiger partial charge >= 0.3 is 0 Å². The molecule has 2 aromatic carbocycles. The highest BCUT2D eigenvalue weighted by Gasteiger charge is 2.25. The highest BCUT2D eigenvalue weighted by atomic mass is 16.6. The molecule has 0 radical (unpaired) electrons. The second kappa shape index (κ2) is 3.49. The van der Waals surface area contributed by atoms with Gasteiger partial charge in [-0.05, 0) is 16.9 Å². The van der Waals surface area contributed by atoms with Crippen molar-refractivity contribution in [1.82, 2.24) is 0 Å². The van der Waals surface area contributed by atoms with Gasteiger partial charge < -0.3 is 9.84 Å². The first-order valence-electron chi connectivity index (χ1n) is 5.62. The van der Waals surface area contributed by atoms with Gasteiger partial charge in [-0.25, -0.2) is 0 Å². The molecular formula is C14H14O2. The van der Waals surface area contributed by atoms with E-state index in [-0.39, 0.29) is 0 Å². The molecule has 0 amide bonds. The van der Waals surface area contributed by atoms with Crippen LogP contribution in [0.4, 0.5) is 0 Å². The normalized spacial score (nSPS) is 23.9. The zero-order chi connectivity index (χ0) is 11.1. The summed E-state index contributed by atoms with van der Waals surface area (Å²) < 4.78 is 5.57. The Labute approximate surface area is 94.5 Å². The first kappa shape index (κ1) is 9.67. The van der Waals surface area contributed by atoms with Gasteiger partial charge in [0.25, 0.3) is 0 Å². The lowest BCUT2D eigenvalue weighted by molar-refractivity contribution is -0.0363. The molecule has 2 atom stereocenters. The van der Waals surface area contributed by atoms with Crippen LogP contribution in [0.25, 0.3) is 10.8 Å². The fraction of sp³-hybridized carbons (Fsp3) is 0.286. The molecule has 1 aliphatic heterocycles. The second-order valence-electron chi connectivity index (χ2n) is 4.41. The van der Waals surface area contributed by atoms with Crippen LogP contribution in [0, 0.1) is 0 Å². The molecule has 0 unspecified atom stereocenters. The predicted molar refractivity (Wildman–Crippen MR) is 63.6 cm³/mol. The Balaban J connectivity index is 2.29. The van der Waals surface area contributed by atoms with Crippen molar-refractivity contribution in [1.29, 1.82) is 0 Å². The first-order chi connectivity index (χ1) is 7.75. The molecule has 1 N–H and O–H groups in total. The van der Waals surface area contributed by atoms with Gasteiger partial charge in [0.1, 0.15) is 5.75 Å². The van der Waals surface area contributed by atoms with E-state index in [0.29, 0.717) is 12.3 Å². The Morgan fingerprint density at radius 2 is 2.00 bits per heavy atom. The quantitative estimate of drug-likeness (QED) is 0.730. The van der Waals surface area contributed by atoms with Crippen molar-refractivity contribution in [3.63, 3.8) is 0 Å².